The van der Waals surface area contributed by atoms with Crippen LogP contribution < -0.4 is 4.72 Å². The lowest BCUT2D eigenvalue weighted by Gasteiger charge is -2.08. The van der Waals surface area contributed by atoms with Crippen LogP contribution in [0, 0.1) is 0 Å². The van der Waals surface area contributed by atoms with Crippen LogP contribution in [-0.2, 0) is 17.1 Å². The molecule has 1 heterocycles. The normalized spacial score (nSPS) is 14.1. The second kappa shape index (κ2) is 4.48. The predicted molar refractivity (Wildman–Crippen MR) is 55.1 cm³/mol. The molecule has 0 saturated carbocycles. The highest BCUT2D eigenvalue weighted by molar-refractivity contribution is 7.89. The molecule has 0 fully saturated rings. The summed E-state index contributed by atoms with van der Waals surface area (Å²) in [6, 6.07) is 0. The van der Waals surface area contributed by atoms with Gasteiger partial charge in [0.1, 0.15) is 0 Å². The summed E-state index contributed by atoms with van der Waals surface area (Å²) in [6.45, 7) is 1.41. The third kappa shape index (κ3) is 2.91. The number of aryl methyl sites for hydroxylation is 1. The van der Waals surface area contributed by atoms with E-state index in [1.54, 1.807) is 0 Å². The third-order valence-corrected chi connectivity index (χ3v) is 3.59. The highest BCUT2D eigenvalue weighted by atomic mass is 35.5. The molecule has 1 aromatic heterocycles. The molecule has 0 radical (unpaired) electrons. The van der Waals surface area contributed by atoms with Crippen LogP contribution >= 0.6 is 11.6 Å². The molecule has 0 unspecified atom stereocenters. The standard InChI is InChI=1S/C7H12ClN3O3S/c1-5(12)3-10-15(13,14)7-6(8)4-9-11(7)2/h4-5,10,12H,3H2,1-2H3/t5-/m1/s1. The first-order valence-electron chi connectivity index (χ1n) is 4.20. The Morgan fingerprint density at radius 2 is 2.33 bits per heavy atom. The first kappa shape index (κ1) is 12.4. The summed E-state index contributed by atoms with van der Waals surface area (Å²) in [5.74, 6) is 0. The fourth-order valence-corrected chi connectivity index (χ4v) is 2.77. The average molecular weight is 254 g/mol. The molecule has 8 heteroatoms. The molecule has 0 amide bonds. The van der Waals surface area contributed by atoms with Gasteiger partial charge >= 0.3 is 0 Å². The summed E-state index contributed by atoms with van der Waals surface area (Å²) in [4.78, 5) is 0. The highest BCUT2D eigenvalue weighted by Crippen LogP contribution is 2.19. The van der Waals surface area contributed by atoms with E-state index in [1.165, 1.54) is 20.2 Å². The van der Waals surface area contributed by atoms with Crippen molar-refractivity contribution in [3.05, 3.63) is 11.2 Å². The van der Waals surface area contributed by atoms with E-state index in [0.29, 0.717) is 0 Å². The van der Waals surface area contributed by atoms with Crippen LogP contribution in [0.2, 0.25) is 5.02 Å². The van der Waals surface area contributed by atoms with Crippen LogP contribution in [0.4, 0.5) is 0 Å². The zero-order valence-electron chi connectivity index (χ0n) is 8.31. The Labute approximate surface area is 92.9 Å². The van der Waals surface area contributed by atoms with E-state index in [2.05, 4.69) is 9.82 Å². The number of hydrogen-bond donors (Lipinski definition) is 2. The molecule has 6 nitrogen and oxygen atoms in total. The van der Waals surface area contributed by atoms with Gasteiger partial charge in [-0.2, -0.15) is 5.10 Å². The molecule has 0 aliphatic rings. The minimum absolute atomic E-state index is 0.0515. The van der Waals surface area contributed by atoms with E-state index >= 15 is 0 Å². The SMILES string of the molecule is C[C@@H](O)CNS(=O)(=O)c1c(Cl)cnn1C. The zero-order valence-corrected chi connectivity index (χ0v) is 9.88. The molecule has 86 valence electrons. The van der Waals surface area contributed by atoms with Gasteiger partial charge in [0.25, 0.3) is 10.0 Å². The highest BCUT2D eigenvalue weighted by Gasteiger charge is 2.22. The summed E-state index contributed by atoms with van der Waals surface area (Å²) in [7, 11) is -2.24. The minimum atomic E-state index is -3.71. The molecule has 1 aromatic rings. The van der Waals surface area contributed by atoms with Crippen molar-refractivity contribution in [2.24, 2.45) is 7.05 Å². The number of halogens is 1. The Hall–Kier alpha value is -0.630. The van der Waals surface area contributed by atoms with Crippen molar-refractivity contribution in [3.63, 3.8) is 0 Å². The van der Waals surface area contributed by atoms with Gasteiger partial charge in [0.15, 0.2) is 5.03 Å². The zero-order chi connectivity index (χ0) is 11.6. The maximum Gasteiger partial charge on any atom is 0.259 e. The number of aliphatic hydroxyl groups is 1. The average Bonchev–Trinajstić information content (AvgIpc) is 2.43. The van der Waals surface area contributed by atoms with Crippen molar-refractivity contribution in [3.8, 4) is 0 Å². The van der Waals surface area contributed by atoms with Crippen molar-refractivity contribution in [1.82, 2.24) is 14.5 Å². The second-order valence-corrected chi connectivity index (χ2v) is 5.21. The number of aromatic nitrogens is 2. The van der Waals surface area contributed by atoms with Gasteiger partial charge in [-0.25, -0.2) is 13.1 Å². The molecular weight excluding hydrogens is 242 g/mol. The molecule has 0 aromatic carbocycles. The van der Waals surface area contributed by atoms with Crippen molar-refractivity contribution < 1.29 is 13.5 Å². The van der Waals surface area contributed by atoms with E-state index in [1.807, 2.05) is 0 Å². The number of hydrogen-bond acceptors (Lipinski definition) is 4. The Kier molecular flexibility index (Phi) is 3.72. The predicted octanol–water partition coefficient (Wildman–Crippen LogP) is -0.267. The van der Waals surface area contributed by atoms with Crippen molar-refractivity contribution in [2.45, 2.75) is 18.1 Å². The summed E-state index contributed by atoms with van der Waals surface area (Å²) >= 11 is 5.68. The van der Waals surface area contributed by atoms with Gasteiger partial charge in [-0.05, 0) is 6.92 Å². The van der Waals surface area contributed by atoms with Gasteiger partial charge in [0, 0.05) is 13.6 Å². The Balaban J connectivity index is 2.96. The first-order valence-corrected chi connectivity index (χ1v) is 6.06. The van der Waals surface area contributed by atoms with Crippen molar-refractivity contribution in [2.75, 3.05) is 6.54 Å². The van der Waals surface area contributed by atoms with Gasteiger partial charge in [0.2, 0.25) is 0 Å². The van der Waals surface area contributed by atoms with Gasteiger partial charge in [-0.1, -0.05) is 11.6 Å². The summed E-state index contributed by atoms with van der Waals surface area (Å²) in [5, 5.41) is 12.6. The summed E-state index contributed by atoms with van der Waals surface area (Å²) in [6.07, 6.45) is 0.491. The third-order valence-electron chi connectivity index (χ3n) is 1.67. The molecule has 2 N–H and O–H groups in total. The largest absolute Gasteiger partial charge is 0.392 e. The molecule has 0 saturated heterocycles. The minimum Gasteiger partial charge on any atom is -0.392 e. The van der Waals surface area contributed by atoms with Gasteiger partial charge < -0.3 is 5.11 Å². The lowest BCUT2D eigenvalue weighted by molar-refractivity contribution is 0.198. The maximum atomic E-state index is 11.7. The van der Waals surface area contributed by atoms with E-state index in [-0.39, 0.29) is 16.6 Å². The Morgan fingerprint density at radius 3 is 2.73 bits per heavy atom. The van der Waals surface area contributed by atoms with Gasteiger partial charge in [-0.15, -0.1) is 0 Å². The molecular formula is C7H12ClN3O3S. The number of nitrogens with zero attached hydrogens (tertiary/aromatic N) is 2. The maximum absolute atomic E-state index is 11.7. The first-order chi connectivity index (χ1) is 6.84. The topological polar surface area (TPSA) is 84.2 Å². The molecule has 0 spiro atoms. The monoisotopic (exact) mass is 253 g/mol. The molecule has 1 rings (SSSR count). The van der Waals surface area contributed by atoms with Crippen LogP contribution in [0.15, 0.2) is 11.2 Å². The number of rotatable bonds is 4. The summed E-state index contributed by atoms with van der Waals surface area (Å²) < 4.78 is 26.7. The number of nitrogens with one attached hydrogen (secondary N) is 1. The molecule has 0 bridgehead atoms. The second-order valence-electron chi connectivity index (χ2n) is 3.12. The number of aliphatic hydroxyl groups excluding tert-OH is 1. The number of sulfonamides is 1. The van der Waals surface area contributed by atoms with E-state index < -0.39 is 16.1 Å². The molecule has 0 aliphatic heterocycles. The lowest BCUT2D eigenvalue weighted by atomic mass is 10.4. The van der Waals surface area contributed by atoms with E-state index in [0.717, 1.165) is 4.68 Å². The Bertz CT molecular complexity index is 421. The van der Waals surface area contributed by atoms with Crippen LogP contribution in [0.5, 0.6) is 0 Å². The Morgan fingerprint density at radius 1 is 1.73 bits per heavy atom. The fourth-order valence-electron chi connectivity index (χ4n) is 1.00. The lowest BCUT2D eigenvalue weighted by Crippen LogP contribution is -2.32. The molecule has 1 atom stereocenters. The quantitative estimate of drug-likeness (QED) is 0.774. The van der Waals surface area contributed by atoms with Crippen LogP contribution in [-0.4, -0.2) is 36.0 Å². The summed E-state index contributed by atoms with van der Waals surface area (Å²) in [5.41, 5.74) is 0. The van der Waals surface area contributed by atoms with E-state index in [4.69, 9.17) is 16.7 Å². The van der Waals surface area contributed by atoms with Crippen LogP contribution in [0.1, 0.15) is 6.92 Å². The van der Waals surface area contributed by atoms with Gasteiger partial charge in [0.05, 0.1) is 17.3 Å². The van der Waals surface area contributed by atoms with Gasteiger partial charge in [-0.3, -0.25) is 4.68 Å². The molecule has 0 aliphatic carbocycles. The molecule has 15 heavy (non-hydrogen) atoms. The fraction of sp³-hybridized carbons (Fsp3) is 0.571. The van der Waals surface area contributed by atoms with Crippen molar-refractivity contribution in [1.29, 1.82) is 0 Å². The van der Waals surface area contributed by atoms with Crippen molar-refractivity contribution >= 4 is 21.6 Å². The van der Waals surface area contributed by atoms with E-state index in [9.17, 15) is 8.42 Å². The smallest absolute Gasteiger partial charge is 0.259 e. The van der Waals surface area contributed by atoms with Crippen LogP contribution in [0.25, 0.3) is 0 Å². The van der Waals surface area contributed by atoms with Crippen LogP contribution in [0.3, 0.4) is 0 Å².